The molecule has 8 heteroatoms. The minimum Gasteiger partial charge on any atom is -0.450 e. The van der Waals surface area contributed by atoms with E-state index in [0.29, 0.717) is 31.3 Å². The van der Waals surface area contributed by atoms with E-state index in [4.69, 9.17) is 27.9 Å². The van der Waals surface area contributed by atoms with Crippen LogP contribution < -0.4 is 0 Å². The Balaban J connectivity index is 1.82. The summed E-state index contributed by atoms with van der Waals surface area (Å²) >= 11 is 13.5. The van der Waals surface area contributed by atoms with Crippen LogP contribution in [-0.4, -0.2) is 45.1 Å². The summed E-state index contributed by atoms with van der Waals surface area (Å²) in [4.78, 5) is 37.2. The third-order valence-electron chi connectivity index (χ3n) is 9.82. The number of carbonyl (C=O) groups excluding carboxylic acids is 3. The average Bonchev–Trinajstić information content (AvgIpc) is 3.03. The molecule has 4 rings (SSSR count). The number of Topliss-reactive ketones (excluding diaryl/α,β-unsaturated/α-hetero) is 1. The van der Waals surface area contributed by atoms with E-state index < -0.39 is 45.0 Å². The van der Waals surface area contributed by atoms with Crippen LogP contribution in [0, 0.1) is 28.6 Å². The Morgan fingerprint density at radius 3 is 2.60 bits per heavy atom. The molecule has 3 saturated carbocycles. The summed E-state index contributed by atoms with van der Waals surface area (Å²) in [7, 11) is 0. The van der Waals surface area contributed by atoms with Gasteiger partial charge in [-0.1, -0.05) is 40.2 Å². The highest BCUT2D eigenvalue weighted by atomic mass is 35.5. The molecule has 3 fully saturated rings. The van der Waals surface area contributed by atoms with Gasteiger partial charge in [-0.15, -0.1) is 23.2 Å². The molecule has 0 unspecified atom stereocenters. The van der Waals surface area contributed by atoms with Crippen LogP contribution in [0.4, 0.5) is 4.39 Å². The third kappa shape index (κ3) is 3.38. The first-order valence-corrected chi connectivity index (χ1v) is 13.6. The molecule has 0 aliphatic heterocycles. The van der Waals surface area contributed by atoms with E-state index in [1.165, 1.54) is 6.08 Å². The zero-order chi connectivity index (χ0) is 26.0. The number of aliphatic hydroxyl groups is 1. The Bertz CT molecular complexity index is 1010. The van der Waals surface area contributed by atoms with Crippen molar-refractivity contribution >= 4 is 40.7 Å². The number of allylic oxidation sites excluding steroid dienone is 4. The normalized spacial score (nSPS) is 44.5. The zero-order valence-electron chi connectivity index (χ0n) is 20.8. The highest BCUT2D eigenvalue weighted by Gasteiger charge is 2.76. The number of hydrogen-bond donors (Lipinski definition) is 1. The van der Waals surface area contributed by atoms with Crippen molar-refractivity contribution in [3.05, 3.63) is 23.6 Å². The van der Waals surface area contributed by atoms with Crippen LogP contribution in [-0.2, 0) is 19.1 Å². The SMILES string of the molecule is CCCCC(=O)O[C@]1(C(=O)CCl)[C@H](C)C[C@H]2[C@@H]3CCC4=C(F)C(=O)C=C[C@]4(C)[C@@]3(Cl)[C@@H](O)C[C@@]21C. The van der Waals surface area contributed by atoms with Crippen LogP contribution in [0.3, 0.4) is 0 Å². The molecule has 0 heterocycles. The number of hydrogen-bond acceptors (Lipinski definition) is 5. The monoisotopic (exact) mass is 528 g/mol. The molecule has 0 radical (unpaired) electrons. The van der Waals surface area contributed by atoms with Crippen LogP contribution in [0.15, 0.2) is 23.6 Å². The number of fused-ring (bicyclic) bond motifs is 5. The maximum absolute atomic E-state index is 15.0. The van der Waals surface area contributed by atoms with Gasteiger partial charge in [0.1, 0.15) is 0 Å². The van der Waals surface area contributed by atoms with E-state index in [9.17, 15) is 23.9 Å². The van der Waals surface area contributed by atoms with Gasteiger partial charge >= 0.3 is 5.97 Å². The molecule has 194 valence electrons. The van der Waals surface area contributed by atoms with Gasteiger partial charge in [0.15, 0.2) is 17.2 Å². The highest BCUT2D eigenvalue weighted by Crippen LogP contribution is 2.72. The van der Waals surface area contributed by atoms with Crippen LogP contribution >= 0.6 is 23.2 Å². The molecule has 5 nitrogen and oxygen atoms in total. The number of halogens is 3. The molecule has 4 aliphatic carbocycles. The Kier molecular flexibility index (Phi) is 6.86. The molecule has 0 aromatic carbocycles. The van der Waals surface area contributed by atoms with Gasteiger partial charge in [0.25, 0.3) is 0 Å². The molecule has 35 heavy (non-hydrogen) atoms. The quantitative estimate of drug-likeness (QED) is 0.366. The van der Waals surface area contributed by atoms with E-state index in [0.717, 1.165) is 6.42 Å². The van der Waals surface area contributed by atoms with Crippen LogP contribution in [0.1, 0.15) is 72.6 Å². The second-order valence-electron chi connectivity index (χ2n) is 11.4. The van der Waals surface area contributed by atoms with Gasteiger partial charge in [0.2, 0.25) is 5.78 Å². The summed E-state index contributed by atoms with van der Waals surface area (Å²) in [6.45, 7) is 7.57. The van der Waals surface area contributed by atoms with Gasteiger partial charge in [-0.25, -0.2) is 4.39 Å². The standard InChI is InChI=1S/C27H35Cl2FO5/c1-5-6-7-22(34)35-27(21(33)14-28)15(2)12-18-16-8-9-17-23(30)19(31)10-11-24(17,3)26(16,29)20(32)13-25(18,27)4/h10-11,15-16,18,20,32H,5-9,12-14H2,1-4H3/t15-,16+,18+,20+,24+,25+,26+,27+/m1/s1. The molecule has 0 bridgehead atoms. The number of carbonyl (C=O) groups is 3. The van der Waals surface area contributed by atoms with Gasteiger partial charge in [0, 0.05) is 23.2 Å². The fourth-order valence-corrected chi connectivity index (χ4v) is 8.84. The van der Waals surface area contributed by atoms with Gasteiger partial charge in [-0.2, -0.15) is 0 Å². The first-order valence-electron chi connectivity index (χ1n) is 12.7. The number of alkyl halides is 2. The molecule has 0 aromatic rings. The topological polar surface area (TPSA) is 80.7 Å². The average molecular weight is 529 g/mol. The molecule has 1 N–H and O–H groups in total. The lowest BCUT2D eigenvalue weighted by molar-refractivity contribution is -0.200. The minimum absolute atomic E-state index is 0.0952. The molecule has 4 aliphatic rings. The van der Waals surface area contributed by atoms with Crippen molar-refractivity contribution in [3.63, 3.8) is 0 Å². The van der Waals surface area contributed by atoms with Gasteiger partial charge in [-0.05, 0) is 55.6 Å². The number of unbranched alkanes of at least 4 members (excludes halogenated alkanes) is 1. The minimum atomic E-state index is -1.47. The number of esters is 1. The lowest BCUT2D eigenvalue weighted by atomic mass is 9.45. The third-order valence-corrected chi connectivity index (χ3v) is 11.0. The summed E-state index contributed by atoms with van der Waals surface area (Å²) in [5, 5.41) is 11.7. The van der Waals surface area contributed by atoms with E-state index >= 15 is 0 Å². The predicted octanol–water partition coefficient (Wildman–Crippen LogP) is 5.45. The fourth-order valence-electron chi connectivity index (χ4n) is 8.13. The second-order valence-corrected chi connectivity index (χ2v) is 12.2. The largest absolute Gasteiger partial charge is 0.450 e. The number of ether oxygens (including phenoxy) is 1. The Morgan fingerprint density at radius 2 is 1.97 bits per heavy atom. The van der Waals surface area contributed by atoms with Crippen LogP contribution in [0.2, 0.25) is 0 Å². The first kappa shape index (κ1) is 26.8. The summed E-state index contributed by atoms with van der Waals surface area (Å²) in [6.07, 6.45) is 4.83. The molecule has 0 aromatic heterocycles. The van der Waals surface area contributed by atoms with Crippen LogP contribution in [0.5, 0.6) is 0 Å². The molecular formula is C27H35Cl2FO5. The number of ketones is 2. The van der Waals surface area contributed by atoms with E-state index in [1.807, 2.05) is 20.8 Å². The van der Waals surface area contributed by atoms with E-state index in [-0.39, 0.29) is 42.3 Å². The van der Waals surface area contributed by atoms with Gasteiger partial charge in [0.05, 0.1) is 16.9 Å². The fraction of sp³-hybridized carbons (Fsp3) is 0.741. The maximum Gasteiger partial charge on any atom is 0.306 e. The van der Waals surface area contributed by atoms with Crippen molar-refractivity contribution in [2.45, 2.75) is 89.2 Å². The number of rotatable bonds is 6. The maximum atomic E-state index is 15.0. The van der Waals surface area contributed by atoms with Crippen molar-refractivity contribution in [1.82, 2.24) is 0 Å². The molecule has 8 atom stereocenters. The smallest absolute Gasteiger partial charge is 0.306 e. The highest BCUT2D eigenvalue weighted by molar-refractivity contribution is 6.29. The van der Waals surface area contributed by atoms with E-state index in [2.05, 4.69) is 0 Å². The van der Waals surface area contributed by atoms with Crippen molar-refractivity contribution in [1.29, 1.82) is 0 Å². The molecular weight excluding hydrogens is 494 g/mol. The molecule has 0 spiro atoms. The summed E-state index contributed by atoms with van der Waals surface area (Å²) in [6, 6.07) is 0. The van der Waals surface area contributed by atoms with Crippen molar-refractivity contribution in [3.8, 4) is 0 Å². The summed E-state index contributed by atoms with van der Waals surface area (Å²) < 4.78 is 21.1. The molecule has 0 saturated heterocycles. The first-order chi connectivity index (χ1) is 16.3. The van der Waals surface area contributed by atoms with Crippen LogP contribution in [0.25, 0.3) is 0 Å². The predicted molar refractivity (Wildman–Crippen MR) is 132 cm³/mol. The molecule has 0 amide bonds. The second kappa shape index (κ2) is 8.95. The van der Waals surface area contributed by atoms with Crippen molar-refractivity contribution < 1.29 is 28.6 Å². The Hall–Kier alpha value is -1.24. The lowest BCUT2D eigenvalue weighted by Gasteiger charge is -2.64. The number of aliphatic hydroxyl groups excluding tert-OH is 1. The Morgan fingerprint density at radius 1 is 1.29 bits per heavy atom. The van der Waals surface area contributed by atoms with Crippen molar-refractivity contribution in [2.75, 3.05) is 5.88 Å². The van der Waals surface area contributed by atoms with E-state index in [1.54, 1.807) is 13.0 Å². The van der Waals surface area contributed by atoms with Gasteiger partial charge < -0.3 is 9.84 Å². The lowest BCUT2D eigenvalue weighted by Crippen LogP contribution is -2.69. The summed E-state index contributed by atoms with van der Waals surface area (Å²) in [5.41, 5.74) is -3.09. The zero-order valence-corrected chi connectivity index (χ0v) is 22.3. The van der Waals surface area contributed by atoms with Gasteiger partial charge in [-0.3, -0.25) is 14.4 Å². The summed E-state index contributed by atoms with van der Waals surface area (Å²) in [5.74, 6) is -3.35. The Labute approximate surface area is 216 Å². The van der Waals surface area contributed by atoms with Crippen molar-refractivity contribution in [2.24, 2.45) is 28.6 Å².